The van der Waals surface area contributed by atoms with Crippen LogP contribution in [0.15, 0.2) is 8.97 Å². The van der Waals surface area contributed by atoms with Crippen LogP contribution in [0.1, 0.15) is 6.92 Å². The summed E-state index contributed by atoms with van der Waals surface area (Å²) in [5.74, 6) is 0. The van der Waals surface area contributed by atoms with Crippen LogP contribution in [0.3, 0.4) is 0 Å². The third kappa shape index (κ3) is 3.01. The molecule has 0 aromatic carbocycles. The van der Waals surface area contributed by atoms with Gasteiger partial charge in [-0.2, -0.15) is 0 Å². The minimum atomic E-state index is 0.476. The number of hydrogen-bond acceptors (Lipinski definition) is 0. The molecule has 0 spiro atoms. The Labute approximate surface area is 55.3 Å². The standard InChI is InChI=1S/C3H3BrCl2/c1-2(5)3(4)6/h1H3. The first-order chi connectivity index (χ1) is 2.64. The highest BCUT2D eigenvalue weighted by atomic mass is 79.9. The molecule has 0 heterocycles. The Kier molecular flexibility index (Phi) is 3.28. The fourth-order valence-corrected chi connectivity index (χ4v) is 0. The Morgan fingerprint density at radius 3 is 1.67 bits per heavy atom. The minimum absolute atomic E-state index is 0.476. The zero-order valence-electron chi connectivity index (χ0n) is 3.13. The summed E-state index contributed by atoms with van der Waals surface area (Å²) < 4.78 is 0.476. The van der Waals surface area contributed by atoms with Crippen molar-refractivity contribution < 1.29 is 0 Å². The van der Waals surface area contributed by atoms with Gasteiger partial charge in [0.05, 0.1) is 3.94 Å². The van der Waals surface area contributed by atoms with E-state index in [1.165, 1.54) is 0 Å². The van der Waals surface area contributed by atoms with Crippen molar-refractivity contribution in [2.24, 2.45) is 0 Å². The van der Waals surface area contributed by atoms with Crippen LogP contribution in [-0.4, -0.2) is 0 Å². The van der Waals surface area contributed by atoms with Gasteiger partial charge in [-0.05, 0) is 22.9 Å². The molecule has 0 unspecified atom stereocenters. The van der Waals surface area contributed by atoms with E-state index in [0.717, 1.165) is 0 Å². The highest BCUT2D eigenvalue weighted by Gasteiger charge is 1.84. The van der Waals surface area contributed by atoms with Gasteiger partial charge in [0.1, 0.15) is 0 Å². The van der Waals surface area contributed by atoms with E-state index in [9.17, 15) is 0 Å². The van der Waals surface area contributed by atoms with Gasteiger partial charge in [0.15, 0.2) is 0 Å². The van der Waals surface area contributed by atoms with Gasteiger partial charge in [0.2, 0.25) is 0 Å². The van der Waals surface area contributed by atoms with Crippen LogP contribution in [0, 0.1) is 0 Å². The second-order valence-electron chi connectivity index (χ2n) is 0.794. The first-order valence-corrected chi connectivity index (χ1v) is 2.87. The summed E-state index contributed by atoms with van der Waals surface area (Å²) in [5.41, 5.74) is 0. The molecular formula is C3H3BrCl2. The molecule has 0 N–H and O–H groups in total. The number of allylic oxidation sites excluding steroid dienone is 1. The predicted octanol–water partition coefficient (Wildman–Crippen LogP) is 3.05. The van der Waals surface area contributed by atoms with Crippen LogP contribution >= 0.6 is 39.1 Å². The molecule has 0 radical (unpaired) electrons. The molecule has 0 aliphatic rings. The lowest BCUT2D eigenvalue weighted by Gasteiger charge is -1.79. The van der Waals surface area contributed by atoms with Crippen molar-refractivity contribution in [2.75, 3.05) is 0 Å². The van der Waals surface area contributed by atoms with Gasteiger partial charge in [0.25, 0.3) is 0 Å². The Morgan fingerprint density at radius 2 is 1.67 bits per heavy atom. The van der Waals surface area contributed by atoms with Gasteiger partial charge in [-0.3, -0.25) is 0 Å². The van der Waals surface area contributed by atoms with Crippen molar-refractivity contribution in [3.8, 4) is 0 Å². The lowest BCUT2D eigenvalue weighted by atomic mass is 10.8. The Morgan fingerprint density at radius 1 is 1.50 bits per heavy atom. The molecule has 36 valence electrons. The largest absolute Gasteiger partial charge is 0.0975 e. The molecule has 0 bridgehead atoms. The van der Waals surface area contributed by atoms with Crippen LogP contribution < -0.4 is 0 Å². The van der Waals surface area contributed by atoms with Crippen molar-refractivity contribution in [3.63, 3.8) is 0 Å². The molecule has 0 fully saturated rings. The molecule has 3 heteroatoms. The summed E-state index contributed by atoms with van der Waals surface area (Å²) in [5, 5.41) is 0.580. The third-order valence-corrected chi connectivity index (χ3v) is 1.65. The number of hydrogen-bond donors (Lipinski definition) is 0. The van der Waals surface area contributed by atoms with Crippen molar-refractivity contribution in [1.82, 2.24) is 0 Å². The zero-order valence-corrected chi connectivity index (χ0v) is 6.23. The Bertz CT molecular complexity index is 58.9. The van der Waals surface area contributed by atoms with E-state index in [-0.39, 0.29) is 0 Å². The quantitative estimate of drug-likeness (QED) is 0.550. The Balaban J connectivity index is 3.68. The van der Waals surface area contributed by atoms with Crippen molar-refractivity contribution in [3.05, 3.63) is 8.97 Å². The van der Waals surface area contributed by atoms with Crippen LogP contribution in [0.25, 0.3) is 0 Å². The molecule has 0 aliphatic carbocycles. The number of halogens is 3. The first-order valence-electron chi connectivity index (χ1n) is 1.32. The monoisotopic (exact) mass is 188 g/mol. The van der Waals surface area contributed by atoms with E-state index in [4.69, 9.17) is 23.2 Å². The fourth-order valence-electron chi connectivity index (χ4n) is 0. The van der Waals surface area contributed by atoms with Gasteiger partial charge in [-0.15, -0.1) is 0 Å². The van der Waals surface area contributed by atoms with Crippen molar-refractivity contribution in [2.45, 2.75) is 6.92 Å². The van der Waals surface area contributed by atoms with Gasteiger partial charge < -0.3 is 0 Å². The van der Waals surface area contributed by atoms with Gasteiger partial charge in [0, 0.05) is 5.03 Å². The predicted molar refractivity (Wildman–Crippen MR) is 33.3 cm³/mol. The summed E-state index contributed by atoms with van der Waals surface area (Å²) in [6, 6.07) is 0. The highest BCUT2D eigenvalue weighted by Crippen LogP contribution is 2.17. The zero-order chi connectivity index (χ0) is 5.15. The normalized spacial score (nSPS) is 14.0. The van der Waals surface area contributed by atoms with E-state index in [0.29, 0.717) is 8.97 Å². The lowest BCUT2D eigenvalue weighted by molar-refractivity contribution is 1.69. The van der Waals surface area contributed by atoms with E-state index < -0.39 is 0 Å². The van der Waals surface area contributed by atoms with Crippen LogP contribution in [0.5, 0.6) is 0 Å². The molecule has 0 aliphatic heterocycles. The third-order valence-electron chi connectivity index (χ3n) is 0.260. The molecule has 0 atom stereocenters. The van der Waals surface area contributed by atoms with Crippen LogP contribution in [0.2, 0.25) is 0 Å². The molecule has 0 rings (SSSR count). The maximum atomic E-state index is 5.31. The summed E-state index contributed by atoms with van der Waals surface area (Å²) in [7, 11) is 0. The molecule has 0 aromatic heterocycles. The van der Waals surface area contributed by atoms with Gasteiger partial charge in [-0.1, -0.05) is 23.2 Å². The summed E-state index contributed by atoms with van der Waals surface area (Å²) in [4.78, 5) is 0. The van der Waals surface area contributed by atoms with Crippen molar-refractivity contribution >= 4 is 39.1 Å². The lowest BCUT2D eigenvalue weighted by Crippen LogP contribution is -1.52. The SMILES string of the molecule is CC(Cl)=C(Cl)Br. The second-order valence-corrected chi connectivity index (χ2v) is 2.99. The molecule has 6 heavy (non-hydrogen) atoms. The summed E-state index contributed by atoms with van der Waals surface area (Å²) in [6.07, 6.45) is 0. The molecule has 0 amide bonds. The van der Waals surface area contributed by atoms with Crippen LogP contribution in [0.4, 0.5) is 0 Å². The number of rotatable bonds is 0. The molecule has 0 saturated carbocycles. The minimum Gasteiger partial charge on any atom is -0.0873 e. The first kappa shape index (κ1) is 6.80. The molecule has 0 nitrogen and oxygen atoms in total. The van der Waals surface area contributed by atoms with E-state index in [1.54, 1.807) is 6.92 Å². The van der Waals surface area contributed by atoms with Crippen LogP contribution in [-0.2, 0) is 0 Å². The fraction of sp³-hybridized carbons (Fsp3) is 0.333. The maximum absolute atomic E-state index is 5.31. The average molecular weight is 190 g/mol. The molecule has 0 saturated heterocycles. The van der Waals surface area contributed by atoms with Gasteiger partial charge in [-0.25, -0.2) is 0 Å². The topological polar surface area (TPSA) is 0 Å². The highest BCUT2D eigenvalue weighted by molar-refractivity contribution is 9.12. The average Bonchev–Trinajstić information content (AvgIpc) is 1.36. The van der Waals surface area contributed by atoms with E-state index in [2.05, 4.69) is 15.9 Å². The summed E-state index contributed by atoms with van der Waals surface area (Å²) >= 11 is 13.5. The molecular weight excluding hydrogens is 187 g/mol. The maximum Gasteiger partial charge on any atom is 0.0975 e. The van der Waals surface area contributed by atoms with E-state index >= 15 is 0 Å². The smallest absolute Gasteiger partial charge is 0.0873 e. The Hall–Kier alpha value is 0.800. The van der Waals surface area contributed by atoms with Gasteiger partial charge >= 0.3 is 0 Å². The molecule has 0 aromatic rings. The second kappa shape index (κ2) is 2.89. The van der Waals surface area contributed by atoms with Crippen molar-refractivity contribution in [1.29, 1.82) is 0 Å². The van der Waals surface area contributed by atoms with E-state index in [1.807, 2.05) is 0 Å². The summed E-state index contributed by atoms with van der Waals surface area (Å²) in [6.45, 7) is 1.71.